The topological polar surface area (TPSA) is 59.8 Å². The Bertz CT molecular complexity index is 977. The molecule has 1 aromatic heterocycles. The van der Waals surface area contributed by atoms with Crippen molar-refractivity contribution in [1.29, 1.82) is 0 Å². The van der Waals surface area contributed by atoms with E-state index < -0.39 is 0 Å². The number of nitrogens with zero attached hydrogens (tertiary/aromatic N) is 3. The summed E-state index contributed by atoms with van der Waals surface area (Å²) in [7, 11) is 0. The van der Waals surface area contributed by atoms with Crippen LogP contribution < -0.4 is 5.32 Å². The first-order valence-electron chi connectivity index (χ1n) is 8.96. The number of nitrogens with one attached hydrogen (secondary N) is 1. The molecule has 28 heavy (non-hydrogen) atoms. The molecule has 0 saturated heterocycles. The molecule has 0 unspecified atom stereocenters. The van der Waals surface area contributed by atoms with Gasteiger partial charge in [-0.2, -0.15) is 0 Å². The molecule has 3 aromatic rings. The first-order valence-corrected chi connectivity index (χ1v) is 9.94. The molecule has 7 heteroatoms. The smallest absolute Gasteiger partial charge is 0.230 e. The standard InChI is InChI=1S/C21H23FN4OS/c1-14-9-11-15(12-10-14)26-19(16-7-5-6-8-17(16)22)24-25-20(26)28-13-18(27)23-21(2,3)4/h5-12H,13H2,1-4H3,(H,23,27). The molecular formula is C21H23FN4OS. The monoisotopic (exact) mass is 398 g/mol. The van der Waals surface area contributed by atoms with Gasteiger partial charge in [-0.25, -0.2) is 4.39 Å². The van der Waals surface area contributed by atoms with Crippen LogP contribution in [-0.2, 0) is 4.79 Å². The molecular weight excluding hydrogens is 375 g/mol. The summed E-state index contributed by atoms with van der Waals surface area (Å²) < 4.78 is 16.2. The summed E-state index contributed by atoms with van der Waals surface area (Å²) in [6.07, 6.45) is 0. The molecule has 146 valence electrons. The van der Waals surface area contributed by atoms with Crippen LogP contribution in [0.3, 0.4) is 0 Å². The van der Waals surface area contributed by atoms with E-state index in [1.807, 2.05) is 52.0 Å². The number of aryl methyl sites for hydroxylation is 1. The third kappa shape index (κ3) is 4.78. The van der Waals surface area contributed by atoms with Crippen molar-refractivity contribution in [3.8, 4) is 17.1 Å². The summed E-state index contributed by atoms with van der Waals surface area (Å²) >= 11 is 1.27. The number of halogens is 1. The van der Waals surface area contributed by atoms with Gasteiger partial charge in [0, 0.05) is 11.2 Å². The number of benzene rings is 2. The van der Waals surface area contributed by atoms with Crippen LogP contribution in [0, 0.1) is 12.7 Å². The third-order valence-corrected chi connectivity index (χ3v) is 4.82. The Kier molecular flexibility index (Phi) is 5.84. The van der Waals surface area contributed by atoms with E-state index in [9.17, 15) is 9.18 Å². The van der Waals surface area contributed by atoms with Crippen molar-refractivity contribution in [1.82, 2.24) is 20.1 Å². The van der Waals surface area contributed by atoms with Gasteiger partial charge in [0.25, 0.3) is 0 Å². The van der Waals surface area contributed by atoms with Crippen molar-refractivity contribution in [2.24, 2.45) is 0 Å². The highest BCUT2D eigenvalue weighted by Gasteiger charge is 2.20. The Hall–Kier alpha value is -2.67. The normalized spacial score (nSPS) is 11.5. The summed E-state index contributed by atoms with van der Waals surface area (Å²) in [4.78, 5) is 12.2. The Morgan fingerprint density at radius 3 is 2.43 bits per heavy atom. The lowest BCUT2D eigenvalue weighted by Crippen LogP contribution is -2.41. The van der Waals surface area contributed by atoms with E-state index in [4.69, 9.17) is 0 Å². The number of rotatable bonds is 5. The minimum absolute atomic E-state index is 0.0941. The van der Waals surface area contributed by atoms with Crippen LogP contribution in [0.15, 0.2) is 53.7 Å². The maximum atomic E-state index is 14.4. The van der Waals surface area contributed by atoms with Crippen LogP contribution in [0.5, 0.6) is 0 Å². The Morgan fingerprint density at radius 1 is 1.11 bits per heavy atom. The van der Waals surface area contributed by atoms with Crippen molar-refractivity contribution in [2.75, 3.05) is 5.75 Å². The fourth-order valence-corrected chi connectivity index (χ4v) is 3.44. The van der Waals surface area contributed by atoms with Crippen molar-refractivity contribution >= 4 is 17.7 Å². The predicted molar refractivity (Wildman–Crippen MR) is 110 cm³/mol. The first-order chi connectivity index (χ1) is 13.2. The number of carbonyl (C=O) groups excluding carboxylic acids is 1. The van der Waals surface area contributed by atoms with E-state index in [0.717, 1.165) is 11.3 Å². The molecule has 1 amide bonds. The molecule has 1 N–H and O–H groups in total. The summed E-state index contributed by atoms with van der Waals surface area (Å²) in [6, 6.07) is 14.3. The lowest BCUT2D eigenvalue weighted by Gasteiger charge is -2.20. The van der Waals surface area contributed by atoms with Crippen molar-refractivity contribution < 1.29 is 9.18 Å². The number of hydrogen-bond donors (Lipinski definition) is 1. The SMILES string of the molecule is Cc1ccc(-n2c(SCC(=O)NC(C)(C)C)nnc2-c2ccccc2F)cc1. The minimum Gasteiger partial charge on any atom is -0.351 e. The number of aromatic nitrogens is 3. The molecule has 2 aromatic carbocycles. The van der Waals surface area contributed by atoms with Gasteiger partial charge in [0.1, 0.15) is 5.82 Å². The molecule has 0 aliphatic rings. The maximum absolute atomic E-state index is 14.4. The van der Waals surface area contributed by atoms with Crippen LogP contribution in [0.25, 0.3) is 17.1 Å². The lowest BCUT2D eigenvalue weighted by molar-refractivity contribution is -0.119. The first kappa shape index (κ1) is 20.1. The maximum Gasteiger partial charge on any atom is 0.230 e. The van der Waals surface area contributed by atoms with Crippen molar-refractivity contribution in [3.05, 3.63) is 59.9 Å². The predicted octanol–water partition coefficient (Wildman–Crippen LogP) is 4.39. The Morgan fingerprint density at radius 2 is 1.79 bits per heavy atom. The quantitative estimate of drug-likeness (QED) is 0.648. The van der Waals surface area contributed by atoms with Gasteiger partial charge in [-0.15, -0.1) is 10.2 Å². The molecule has 0 spiro atoms. The summed E-state index contributed by atoms with van der Waals surface area (Å²) in [5, 5.41) is 11.9. The van der Waals surface area contributed by atoms with Gasteiger partial charge < -0.3 is 5.32 Å². The van der Waals surface area contributed by atoms with Crippen LogP contribution in [-0.4, -0.2) is 32.0 Å². The summed E-state index contributed by atoms with van der Waals surface area (Å²) in [5.41, 5.74) is 1.98. The zero-order chi connectivity index (χ0) is 20.3. The lowest BCUT2D eigenvalue weighted by atomic mass is 10.1. The summed E-state index contributed by atoms with van der Waals surface area (Å²) in [6.45, 7) is 7.79. The fraction of sp³-hybridized carbons (Fsp3) is 0.286. The van der Waals surface area contributed by atoms with E-state index in [0.29, 0.717) is 16.5 Å². The fourth-order valence-electron chi connectivity index (χ4n) is 2.69. The molecule has 0 fully saturated rings. The molecule has 0 saturated carbocycles. The highest BCUT2D eigenvalue weighted by molar-refractivity contribution is 7.99. The molecule has 1 heterocycles. The molecule has 3 rings (SSSR count). The highest BCUT2D eigenvalue weighted by atomic mass is 32.2. The van der Waals surface area contributed by atoms with E-state index in [2.05, 4.69) is 15.5 Å². The Labute approximate surface area is 168 Å². The number of thioether (sulfide) groups is 1. The highest BCUT2D eigenvalue weighted by Crippen LogP contribution is 2.29. The molecule has 0 aliphatic heterocycles. The zero-order valence-corrected chi connectivity index (χ0v) is 17.2. The molecule has 0 aliphatic carbocycles. The van der Waals surface area contributed by atoms with E-state index >= 15 is 0 Å². The van der Waals surface area contributed by atoms with Crippen LogP contribution in [0.1, 0.15) is 26.3 Å². The van der Waals surface area contributed by atoms with Gasteiger partial charge in [-0.3, -0.25) is 9.36 Å². The van der Waals surface area contributed by atoms with Crippen LogP contribution in [0.4, 0.5) is 4.39 Å². The zero-order valence-electron chi connectivity index (χ0n) is 16.4. The molecule has 5 nitrogen and oxygen atoms in total. The second-order valence-corrected chi connectivity index (χ2v) is 8.49. The van der Waals surface area contributed by atoms with Gasteiger partial charge in [0.05, 0.1) is 11.3 Å². The third-order valence-electron chi connectivity index (χ3n) is 3.89. The van der Waals surface area contributed by atoms with Crippen LogP contribution in [0.2, 0.25) is 0 Å². The number of hydrogen-bond acceptors (Lipinski definition) is 4. The van der Waals surface area contributed by atoms with Crippen molar-refractivity contribution in [2.45, 2.75) is 38.4 Å². The molecule has 0 atom stereocenters. The number of carbonyl (C=O) groups is 1. The molecule has 0 bridgehead atoms. The average molecular weight is 399 g/mol. The van der Waals surface area contributed by atoms with Crippen LogP contribution >= 0.6 is 11.8 Å². The largest absolute Gasteiger partial charge is 0.351 e. The second-order valence-electron chi connectivity index (χ2n) is 7.54. The Balaban J connectivity index is 1.98. The van der Waals surface area contributed by atoms with E-state index in [-0.39, 0.29) is 23.0 Å². The van der Waals surface area contributed by atoms with Gasteiger partial charge in [0.2, 0.25) is 5.91 Å². The van der Waals surface area contributed by atoms with E-state index in [1.54, 1.807) is 22.8 Å². The molecule has 0 radical (unpaired) electrons. The minimum atomic E-state index is -0.370. The van der Waals surface area contributed by atoms with Gasteiger partial charge in [-0.05, 0) is 52.0 Å². The van der Waals surface area contributed by atoms with Gasteiger partial charge >= 0.3 is 0 Å². The second kappa shape index (κ2) is 8.14. The van der Waals surface area contributed by atoms with Gasteiger partial charge in [-0.1, -0.05) is 41.6 Å². The average Bonchev–Trinajstić information content (AvgIpc) is 3.03. The number of amides is 1. The van der Waals surface area contributed by atoms with Gasteiger partial charge in [0.15, 0.2) is 11.0 Å². The summed E-state index contributed by atoms with van der Waals surface area (Å²) in [5.74, 6) is 0.132. The van der Waals surface area contributed by atoms with Crippen molar-refractivity contribution in [3.63, 3.8) is 0 Å². The van der Waals surface area contributed by atoms with E-state index in [1.165, 1.54) is 17.8 Å².